The molecule has 2 atom stereocenters. The van der Waals surface area contributed by atoms with Gasteiger partial charge in [0, 0.05) is 19.4 Å². The highest BCUT2D eigenvalue weighted by Crippen LogP contribution is 2.43. The van der Waals surface area contributed by atoms with Gasteiger partial charge in [0.25, 0.3) is 0 Å². The predicted octanol–water partition coefficient (Wildman–Crippen LogP) is 12.6. The Bertz CT molecular complexity index is 1250. The third-order valence-corrected chi connectivity index (χ3v) is 9.45. The third-order valence-electron chi connectivity index (χ3n) is 8.47. The summed E-state index contributed by atoms with van der Waals surface area (Å²) in [5, 5.41) is 0. The number of hydrogen-bond acceptors (Lipinski definition) is 8. The van der Waals surface area contributed by atoms with Crippen molar-refractivity contribution < 1.29 is 37.6 Å². The Morgan fingerprint density at radius 3 is 1.51 bits per heavy atom. The molecule has 1 unspecified atom stereocenters. The molecule has 0 amide bonds. The predicted molar refractivity (Wildman–Crippen MR) is 238 cm³/mol. The summed E-state index contributed by atoms with van der Waals surface area (Å²) >= 11 is 0. The molecule has 0 saturated carbocycles. The van der Waals surface area contributed by atoms with Gasteiger partial charge in [-0.1, -0.05) is 156 Å². The first-order chi connectivity index (χ1) is 27.8. The fourth-order valence-electron chi connectivity index (χ4n) is 5.28. The van der Waals surface area contributed by atoms with E-state index in [4.69, 9.17) is 24.3 Å². The Morgan fingerprint density at radius 2 is 1.00 bits per heavy atom. The summed E-state index contributed by atoms with van der Waals surface area (Å²) in [6, 6.07) is 0. The molecule has 324 valence electrons. The number of unbranched alkanes of at least 4 members (excludes halogenated alkanes) is 10. The van der Waals surface area contributed by atoms with Gasteiger partial charge < -0.3 is 20.1 Å². The largest absolute Gasteiger partial charge is 0.472 e. The molecule has 0 aromatic carbocycles. The fraction of sp³-hybridized carbons (Fsp3) is 0.617. The summed E-state index contributed by atoms with van der Waals surface area (Å²) in [7, 11) is -4.40. The van der Waals surface area contributed by atoms with Crippen LogP contribution in [0.1, 0.15) is 155 Å². The van der Waals surface area contributed by atoms with E-state index in [1.54, 1.807) is 0 Å². The summed E-state index contributed by atoms with van der Waals surface area (Å²) < 4.78 is 32.7. The molecule has 0 radical (unpaired) electrons. The van der Waals surface area contributed by atoms with Crippen LogP contribution in [0.5, 0.6) is 0 Å². The van der Waals surface area contributed by atoms with Gasteiger partial charge in [-0.05, 0) is 83.5 Å². The van der Waals surface area contributed by atoms with Crippen LogP contribution in [0.25, 0.3) is 0 Å². The van der Waals surface area contributed by atoms with Gasteiger partial charge in [0.2, 0.25) is 0 Å². The molecule has 3 N–H and O–H groups in total. The average Bonchev–Trinajstić information content (AvgIpc) is 3.20. The number of carbonyl (C=O) groups excluding carboxylic acids is 2. The lowest BCUT2D eigenvalue weighted by Crippen LogP contribution is -2.29. The number of phosphoric ester groups is 1. The second-order valence-corrected chi connectivity index (χ2v) is 15.3. The van der Waals surface area contributed by atoms with E-state index in [9.17, 15) is 19.0 Å². The van der Waals surface area contributed by atoms with Crippen molar-refractivity contribution in [2.24, 2.45) is 5.73 Å². The molecule has 0 aromatic rings. The second kappa shape index (κ2) is 42.5. The minimum absolute atomic E-state index is 0.0371. The SMILES string of the molecule is CCC=CCC=CCC=CCC=CCC=CCC=CCCC(=O)OC[C@H](COP(=O)(O)OCCN)OC(=O)CCCCCCCCCC=CCC=CCCCCC. The maximum absolute atomic E-state index is 12.6. The first-order valence-corrected chi connectivity index (χ1v) is 23.2. The van der Waals surface area contributed by atoms with Gasteiger partial charge in [-0.3, -0.25) is 18.6 Å². The fourth-order valence-corrected chi connectivity index (χ4v) is 6.04. The Labute approximate surface area is 346 Å². The van der Waals surface area contributed by atoms with Crippen molar-refractivity contribution in [3.63, 3.8) is 0 Å². The van der Waals surface area contributed by atoms with Gasteiger partial charge in [0.15, 0.2) is 6.10 Å². The highest BCUT2D eigenvalue weighted by atomic mass is 31.2. The molecule has 10 heteroatoms. The standard InChI is InChI=1S/C47H78NO8P/c1-3-5-7-9-11-13-15-17-19-21-22-24-25-27-29-31-33-35-37-39-46(49)53-43-45(44-55-57(51,52)54-42-41-48)56-47(50)40-38-36-34-32-30-28-26-23-20-18-16-14-12-10-8-6-4-2/h5,7,11-14,17-20,22,24,27,29,33,35,45H,3-4,6,8-10,15-16,21,23,25-26,28,30-32,34,36-44,48H2,1-2H3,(H,51,52)/t45-/m1/s1. The molecule has 0 fully saturated rings. The number of allylic oxidation sites excluding steroid dienone is 16. The van der Waals surface area contributed by atoms with Crippen LogP contribution in [-0.4, -0.2) is 49.3 Å². The van der Waals surface area contributed by atoms with Crippen molar-refractivity contribution in [2.75, 3.05) is 26.4 Å². The number of rotatable bonds is 39. The van der Waals surface area contributed by atoms with Crippen LogP contribution in [0.3, 0.4) is 0 Å². The van der Waals surface area contributed by atoms with Gasteiger partial charge in [-0.15, -0.1) is 0 Å². The van der Waals surface area contributed by atoms with Crippen molar-refractivity contribution in [2.45, 2.75) is 161 Å². The van der Waals surface area contributed by atoms with Crippen LogP contribution < -0.4 is 5.73 Å². The van der Waals surface area contributed by atoms with Crippen molar-refractivity contribution in [3.8, 4) is 0 Å². The second-order valence-electron chi connectivity index (χ2n) is 13.8. The Morgan fingerprint density at radius 1 is 0.544 bits per heavy atom. The normalized spacial score (nSPS) is 14.2. The summed E-state index contributed by atoms with van der Waals surface area (Å²) in [6.45, 7) is 3.47. The van der Waals surface area contributed by atoms with Crippen LogP contribution >= 0.6 is 7.82 Å². The van der Waals surface area contributed by atoms with E-state index in [-0.39, 0.29) is 32.6 Å². The molecular weight excluding hydrogens is 737 g/mol. The van der Waals surface area contributed by atoms with Gasteiger partial charge in [0.1, 0.15) is 6.61 Å². The highest BCUT2D eigenvalue weighted by molar-refractivity contribution is 7.47. The lowest BCUT2D eigenvalue weighted by molar-refractivity contribution is -0.161. The van der Waals surface area contributed by atoms with E-state index in [0.29, 0.717) is 12.8 Å². The zero-order valence-electron chi connectivity index (χ0n) is 35.5. The number of phosphoric acid groups is 1. The van der Waals surface area contributed by atoms with Crippen molar-refractivity contribution in [1.29, 1.82) is 0 Å². The molecule has 9 nitrogen and oxygen atoms in total. The van der Waals surface area contributed by atoms with E-state index < -0.39 is 32.5 Å². The molecule has 0 heterocycles. The molecule has 0 bridgehead atoms. The Balaban J connectivity index is 4.31. The van der Waals surface area contributed by atoms with E-state index in [2.05, 4.69) is 98.9 Å². The summed E-state index contributed by atoms with van der Waals surface area (Å²) in [4.78, 5) is 34.8. The molecular formula is C47H78NO8P. The summed E-state index contributed by atoms with van der Waals surface area (Å²) in [6.07, 6.45) is 54.5. The minimum Gasteiger partial charge on any atom is -0.462 e. The monoisotopic (exact) mass is 816 g/mol. The third kappa shape index (κ3) is 42.4. The van der Waals surface area contributed by atoms with Gasteiger partial charge in [-0.2, -0.15) is 0 Å². The van der Waals surface area contributed by atoms with Crippen molar-refractivity contribution in [1.82, 2.24) is 0 Å². The maximum atomic E-state index is 12.6. The smallest absolute Gasteiger partial charge is 0.462 e. The number of hydrogen-bond donors (Lipinski definition) is 2. The molecule has 0 rings (SSSR count). The Hall–Kier alpha value is -3.07. The van der Waals surface area contributed by atoms with Gasteiger partial charge in [0.05, 0.1) is 13.2 Å². The molecule has 0 aliphatic carbocycles. The maximum Gasteiger partial charge on any atom is 0.472 e. The number of esters is 2. The van der Waals surface area contributed by atoms with Crippen LogP contribution in [0.15, 0.2) is 97.2 Å². The van der Waals surface area contributed by atoms with Crippen LogP contribution in [-0.2, 0) is 32.7 Å². The van der Waals surface area contributed by atoms with Crippen molar-refractivity contribution in [3.05, 3.63) is 97.2 Å². The minimum atomic E-state index is -4.40. The molecule has 0 spiro atoms. The molecule has 0 aromatic heterocycles. The van der Waals surface area contributed by atoms with Gasteiger partial charge in [-0.25, -0.2) is 4.57 Å². The van der Waals surface area contributed by atoms with Gasteiger partial charge >= 0.3 is 19.8 Å². The Kier molecular flexibility index (Phi) is 40.2. The summed E-state index contributed by atoms with van der Waals surface area (Å²) in [5.74, 6) is -0.945. The summed E-state index contributed by atoms with van der Waals surface area (Å²) in [5.41, 5.74) is 5.34. The van der Waals surface area contributed by atoms with E-state index in [1.807, 2.05) is 12.2 Å². The lowest BCUT2D eigenvalue weighted by atomic mass is 10.1. The van der Waals surface area contributed by atoms with E-state index in [1.165, 1.54) is 44.9 Å². The molecule has 0 aliphatic heterocycles. The van der Waals surface area contributed by atoms with E-state index >= 15 is 0 Å². The quantitative estimate of drug-likeness (QED) is 0.0269. The topological polar surface area (TPSA) is 134 Å². The zero-order chi connectivity index (χ0) is 41.8. The number of carbonyl (C=O) groups is 2. The number of nitrogens with two attached hydrogens (primary N) is 1. The van der Waals surface area contributed by atoms with Crippen LogP contribution in [0, 0.1) is 0 Å². The first-order valence-electron chi connectivity index (χ1n) is 21.7. The molecule has 0 aliphatic rings. The zero-order valence-corrected chi connectivity index (χ0v) is 36.4. The lowest BCUT2D eigenvalue weighted by Gasteiger charge is -2.19. The number of ether oxygens (including phenoxy) is 2. The highest BCUT2D eigenvalue weighted by Gasteiger charge is 2.25. The van der Waals surface area contributed by atoms with Crippen molar-refractivity contribution >= 4 is 19.8 Å². The molecule has 0 saturated heterocycles. The molecule has 57 heavy (non-hydrogen) atoms. The van der Waals surface area contributed by atoms with E-state index in [0.717, 1.165) is 70.6 Å². The van der Waals surface area contributed by atoms with Crippen LogP contribution in [0.2, 0.25) is 0 Å². The average molecular weight is 816 g/mol. The first kappa shape index (κ1) is 53.9. The van der Waals surface area contributed by atoms with Crippen LogP contribution in [0.4, 0.5) is 0 Å².